The van der Waals surface area contributed by atoms with Gasteiger partial charge in [-0.25, -0.2) is 9.97 Å². The van der Waals surface area contributed by atoms with Gasteiger partial charge in [0, 0.05) is 33.7 Å². The van der Waals surface area contributed by atoms with E-state index in [1.807, 2.05) is 0 Å². The molecule has 0 N–H and O–H groups in total. The fourth-order valence-corrected chi connectivity index (χ4v) is 4.40. The summed E-state index contributed by atoms with van der Waals surface area (Å²) in [4.78, 5) is 25.2. The third kappa shape index (κ3) is 4.33. The van der Waals surface area contributed by atoms with E-state index in [1.165, 1.54) is 42.9 Å². The highest BCUT2D eigenvalue weighted by Gasteiger charge is 2.42. The van der Waals surface area contributed by atoms with Gasteiger partial charge in [0.25, 0.3) is 11.7 Å². The fourth-order valence-electron chi connectivity index (χ4n) is 3.93. The normalized spacial score (nSPS) is 11.8. The lowest BCUT2D eigenvalue weighted by Crippen LogP contribution is -2.19. The van der Waals surface area contributed by atoms with Crippen LogP contribution in [0.25, 0.3) is 22.4 Å². The topological polar surface area (TPSA) is 86.7 Å². The van der Waals surface area contributed by atoms with Crippen LogP contribution < -0.4 is 0 Å². The van der Waals surface area contributed by atoms with Gasteiger partial charge >= 0.3 is 6.18 Å². The Labute approximate surface area is 211 Å². The monoisotopic (exact) mass is 531 g/mol. The summed E-state index contributed by atoms with van der Waals surface area (Å²) in [6.45, 7) is 1.46. The number of aromatic nitrogens is 5. The fraction of sp³-hybridized carbons (Fsp3) is 0.125. The Kier molecular flexibility index (Phi) is 6.01. The van der Waals surface area contributed by atoms with E-state index in [0.29, 0.717) is 16.1 Å². The minimum atomic E-state index is -4.90. The highest BCUT2D eigenvalue weighted by molar-refractivity contribution is 6.35. The van der Waals surface area contributed by atoms with E-state index in [0.717, 1.165) is 4.57 Å². The molecule has 0 spiro atoms. The zero-order valence-electron chi connectivity index (χ0n) is 18.3. The lowest BCUT2D eigenvalue weighted by molar-refractivity contribution is -0.143. The minimum absolute atomic E-state index is 0.0535. The number of hydrogen-bond acceptors (Lipinski definition) is 6. The largest absolute Gasteiger partial charge is 0.432 e. The molecule has 0 amide bonds. The number of carbonyl (C=O) groups is 1. The first-order valence-electron chi connectivity index (χ1n) is 10.4. The van der Waals surface area contributed by atoms with Crippen LogP contribution in [0.4, 0.5) is 13.2 Å². The van der Waals surface area contributed by atoms with Gasteiger partial charge in [0.1, 0.15) is 17.7 Å². The molecule has 0 atom stereocenters. The van der Waals surface area contributed by atoms with Gasteiger partial charge in [0.15, 0.2) is 0 Å². The smallest absolute Gasteiger partial charge is 0.332 e. The van der Waals surface area contributed by atoms with E-state index in [1.54, 1.807) is 19.1 Å². The molecule has 0 saturated carbocycles. The van der Waals surface area contributed by atoms with E-state index >= 15 is 0 Å². The van der Waals surface area contributed by atoms with Crippen LogP contribution in [0.15, 0.2) is 59.5 Å². The summed E-state index contributed by atoms with van der Waals surface area (Å²) in [5, 5.41) is 4.34. The summed E-state index contributed by atoms with van der Waals surface area (Å²) < 4.78 is 49.7. The molecule has 0 aliphatic carbocycles. The maximum atomic E-state index is 14.6. The molecule has 0 aliphatic heterocycles. The summed E-state index contributed by atoms with van der Waals surface area (Å²) in [6.07, 6.45) is -2.22. The van der Waals surface area contributed by atoms with Crippen molar-refractivity contribution in [1.29, 1.82) is 0 Å². The number of fused-ring (bicyclic) bond motifs is 1. The van der Waals surface area contributed by atoms with Crippen molar-refractivity contribution in [2.75, 3.05) is 0 Å². The minimum Gasteiger partial charge on any atom is -0.332 e. The van der Waals surface area contributed by atoms with Crippen LogP contribution in [0, 0.1) is 6.92 Å². The van der Waals surface area contributed by atoms with Crippen LogP contribution in [0.3, 0.4) is 0 Å². The Morgan fingerprint density at radius 3 is 2.61 bits per heavy atom. The number of nitrogens with zero attached hydrogens (tertiary/aromatic N) is 5. The van der Waals surface area contributed by atoms with Crippen molar-refractivity contribution in [2.45, 2.75) is 19.6 Å². The summed E-state index contributed by atoms with van der Waals surface area (Å²) in [6, 6.07) is 10.7. The van der Waals surface area contributed by atoms with Crippen LogP contribution in [0.1, 0.15) is 33.1 Å². The second-order valence-electron chi connectivity index (χ2n) is 7.91. The first-order chi connectivity index (χ1) is 17.1. The van der Waals surface area contributed by atoms with Crippen molar-refractivity contribution in [1.82, 2.24) is 24.7 Å². The van der Waals surface area contributed by atoms with Gasteiger partial charge < -0.3 is 9.09 Å². The van der Waals surface area contributed by atoms with Crippen LogP contribution in [0.5, 0.6) is 0 Å². The number of halogens is 5. The molecule has 0 aliphatic rings. The molecular formula is C24H14Cl2F3N5O2. The molecule has 36 heavy (non-hydrogen) atoms. The van der Waals surface area contributed by atoms with Gasteiger partial charge in [0.2, 0.25) is 5.82 Å². The maximum Gasteiger partial charge on any atom is 0.432 e. The predicted octanol–water partition coefficient (Wildman–Crippen LogP) is 6.39. The van der Waals surface area contributed by atoms with Crippen molar-refractivity contribution >= 4 is 39.9 Å². The highest BCUT2D eigenvalue weighted by Crippen LogP contribution is 2.40. The van der Waals surface area contributed by atoms with Gasteiger partial charge in [-0.3, -0.25) is 4.79 Å². The van der Waals surface area contributed by atoms with E-state index in [4.69, 9.17) is 27.7 Å². The molecule has 0 bridgehead atoms. The number of hydrogen-bond donors (Lipinski definition) is 0. The molecular weight excluding hydrogens is 518 g/mol. The SMILES string of the molecule is Cc1ccc2c(c1)c(C(=O)c1nc(-c3ccncn3)no1)c(C(F)(F)F)n2Cc1ccc(Cl)cc1Cl. The van der Waals surface area contributed by atoms with Gasteiger partial charge in [0.05, 0.1) is 5.56 Å². The summed E-state index contributed by atoms with van der Waals surface area (Å²) >= 11 is 12.2. The molecule has 12 heteroatoms. The van der Waals surface area contributed by atoms with E-state index in [-0.39, 0.29) is 34.0 Å². The zero-order chi connectivity index (χ0) is 25.6. The average Bonchev–Trinajstić information content (AvgIpc) is 3.44. The molecule has 5 rings (SSSR count). The second kappa shape index (κ2) is 9.03. The van der Waals surface area contributed by atoms with Crippen LogP contribution >= 0.6 is 23.2 Å². The number of alkyl halides is 3. The predicted molar refractivity (Wildman–Crippen MR) is 126 cm³/mol. The molecule has 5 aromatic rings. The lowest BCUT2D eigenvalue weighted by atomic mass is 10.0. The first kappa shape index (κ1) is 24.0. The number of carbonyl (C=O) groups excluding carboxylic acids is 1. The first-order valence-corrected chi connectivity index (χ1v) is 11.2. The van der Waals surface area contributed by atoms with Crippen LogP contribution in [-0.4, -0.2) is 30.5 Å². The number of aryl methyl sites for hydroxylation is 1. The molecule has 0 radical (unpaired) electrons. The zero-order valence-corrected chi connectivity index (χ0v) is 19.9. The Bertz CT molecular complexity index is 1610. The van der Waals surface area contributed by atoms with Crippen LogP contribution in [0.2, 0.25) is 10.0 Å². The average molecular weight is 532 g/mol. The molecule has 0 saturated heterocycles. The lowest BCUT2D eigenvalue weighted by Gasteiger charge is -2.15. The molecule has 2 aromatic carbocycles. The Morgan fingerprint density at radius 2 is 1.92 bits per heavy atom. The van der Waals surface area contributed by atoms with E-state index in [9.17, 15) is 18.0 Å². The van der Waals surface area contributed by atoms with Crippen molar-refractivity contribution in [2.24, 2.45) is 0 Å². The van der Waals surface area contributed by atoms with Gasteiger partial charge in [-0.05, 0) is 42.8 Å². The van der Waals surface area contributed by atoms with Gasteiger partial charge in [-0.1, -0.05) is 46.1 Å². The third-order valence-electron chi connectivity index (χ3n) is 5.49. The van der Waals surface area contributed by atoms with Crippen LogP contribution in [-0.2, 0) is 12.7 Å². The maximum absolute atomic E-state index is 14.6. The molecule has 182 valence electrons. The summed E-state index contributed by atoms with van der Waals surface area (Å²) in [7, 11) is 0. The van der Waals surface area contributed by atoms with Crippen molar-refractivity contribution < 1.29 is 22.5 Å². The molecule has 0 unspecified atom stereocenters. The van der Waals surface area contributed by atoms with Crippen molar-refractivity contribution in [3.63, 3.8) is 0 Å². The highest BCUT2D eigenvalue weighted by atomic mass is 35.5. The molecule has 7 nitrogen and oxygen atoms in total. The van der Waals surface area contributed by atoms with Crippen molar-refractivity contribution in [3.8, 4) is 11.5 Å². The molecule has 3 heterocycles. The van der Waals surface area contributed by atoms with Crippen molar-refractivity contribution in [3.05, 3.63) is 93.3 Å². The number of benzene rings is 2. The molecule has 0 fully saturated rings. The Balaban J connectivity index is 1.71. The number of ketones is 1. The van der Waals surface area contributed by atoms with Gasteiger partial charge in [-0.2, -0.15) is 18.2 Å². The number of rotatable bonds is 5. The Morgan fingerprint density at radius 1 is 1.11 bits per heavy atom. The summed E-state index contributed by atoms with van der Waals surface area (Å²) in [5.74, 6) is -1.71. The van der Waals surface area contributed by atoms with E-state index < -0.39 is 29.1 Å². The molecule has 3 aromatic heterocycles. The van der Waals surface area contributed by atoms with E-state index in [2.05, 4.69) is 20.1 Å². The Hall–Kier alpha value is -3.76. The second-order valence-corrected chi connectivity index (χ2v) is 8.75. The standard InChI is InChI=1S/C24H14Cl2F3N5O2/c1-12-2-5-18-15(8-12)19(20(35)23-32-22(33-36-23)17-6-7-30-11-31-17)21(24(27,28)29)34(18)10-13-3-4-14(25)9-16(13)26/h2-9,11H,10H2,1H3. The quantitative estimate of drug-likeness (QED) is 0.244. The van der Waals surface area contributed by atoms with Gasteiger partial charge in [-0.15, -0.1) is 0 Å². The third-order valence-corrected chi connectivity index (χ3v) is 6.08. The summed E-state index contributed by atoms with van der Waals surface area (Å²) in [5.41, 5.74) is -0.242.